The number of hydrogen-bond acceptors (Lipinski definition) is 6. The van der Waals surface area contributed by atoms with Crippen LogP contribution in [0.3, 0.4) is 0 Å². The lowest BCUT2D eigenvalue weighted by molar-refractivity contribution is 0.313. The first-order valence-corrected chi connectivity index (χ1v) is 11.9. The molecule has 0 unspecified atom stereocenters. The van der Waals surface area contributed by atoms with Gasteiger partial charge in [-0.2, -0.15) is 9.67 Å². The second-order valence-electron chi connectivity index (χ2n) is 9.12. The molecular weight excluding hydrogens is 398 g/mol. The normalized spacial score (nSPS) is 17.6. The lowest BCUT2D eigenvalue weighted by atomic mass is 9.97. The van der Waals surface area contributed by atoms with Crippen molar-refractivity contribution in [3.05, 3.63) is 59.0 Å². The van der Waals surface area contributed by atoms with E-state index >= 15 is 0 Å². The van der Waals surface area contributed by atoms with E-state index in [4.69, 9.17) is 10.7 Å². The van der Waals surface area contributed by atoms with Crippen molar-refractivity contribution in [3.63, 3.8) is 0 Å². The van der Waals surface area contributed by atoms with E-state index in [1.54, 1.807) is 4.68 Å². The van der Waals surface area contributed by atoms with Gasteiger partial charge < -0.3 is 15.5 Å². The summed E-state index contributed by atoms with van der Waals surface area (Å²) in [5, 5.41) is 4.69. The SMILES string of the molecule is CN1CCN(c2ccc(Cc3nc(N)n(-c4ccc5c(n4)CCCCCC5)n3)cc2)CC1. The van der Waals surface area contributed by atoms with E-state index in [9.17, 15) is 0 Å². The minimum Gasteiger partial charge on any atom is -0.369 e. The zero-order valence-corrected chi connectivity index (χ0v) is 19.0. The second-order valence-corrected chi connectivity index (χ2v) is 9.12. The highest BCUT2D eigenvalue weighted by atomic mass is 15.4. The van der Waals surface area contributed by atoms with Crippen molar-refractivity contribution in [2.24, 2.45) is 0 Å². The molecule has 0 amide bonds. The summed E-state index contributed by atoms with van der Waals surface area (Å²) in [4.78, 5) is 14.2. The molecule has 2 N–H and O–H groups in total. The maximum atomic E-state index is 6.23. The van der Waals surface area contributed by atoms with Gasteiger partial charge >= 0.3 is 0 Å². The monoisotopic (exact) mass is 431 g/mol. The third kappa shape index (κ3) is 4.63. The second kappa shape index (κ2) is 9.28. The highest BCUT2D eigenvalue weighted by molar-refractivity contribution is 5.48. The quantitative estimate of drug-likeness (QED) is 0.683. The average molecular weight is 432 g/mol. The molecule has 0 spiro atoms. The lowest BCUT2D eigenvalue weighted by Gasteiger charge is -2.34. The van der Waals surface area contributed by atoms with Crippen LogP contribution in [0, 0.1) is 0 Å². The van der Waals surface area contributed by atoms with E-state index in [1.165, 1.54) is 48.2 Å². The number of anilines is 2. The highest BCUT2D eigenvalue weighted by Gasteiger charge is 2.16. The summed E-state index contributed by atoms with van der Waals surface area (Å²) in [6.07, 6.45) is 7.86. The molecule has 1 fully saturated rings. The van der Waals surface area contributed by atoms with Gasteiger partial charge in [0.05, 0.1) is 0 Å². The van der Waals surface area contributed by atoms with Gasteiger partial charge in [-0.1, -0.05) is 31.0 Å². The maximum absolute atomic E-state index is 6.23. The number of pyridine rings is 1. The number of nitrogen functional groups attached to an aromatic ring is 1. The van der Waals surface area contributed by atoms with Crippen LogP contribution in [0.15, 0.2) is 36.4 Å². The Bertz CT molecular complexity index is 1050. The van der Waals surface area contributed by atoms with Gasteiger partial charge in [0.1, 0.15) is 0 Å². The Kier molecular flexibility index (Phi) is 6.08. The molecule has 3 heterocycles. The first-order valence-electron chi connectivity index (χ1n) is 11.9. The van der Waals surface area contributed by atoms with Crippen molar-refractivity contribution in [2.45, 2.75) is 44.9 Å². The lowest BCUT2D eigenvalue weighted by Crippen LogP contribution is -2.44. The van der Waals surface area contributed by atoms with Crippen LogP contribution in [0.2, 0.25) is 0 Å². The van der Waals surface area contributed by atoms with E-state index in [0.717, 1.165) is 50.7 Å². The van der Waals surface area contributed by atoms with E-state index in [1.807, 2.05) is 6.07 Å². The van der Waals surface area contributed by atoms with Crippen LogP contribution < -0.4 is 10.6 Å². The third-order valence-corrected chi connectivity index (χ3v) is 6.72. The molecule has 2 aromatic heterocycles. The molecule has 3 aromatic rings. The van der Waals surface area contributed by atoms with Gasteiger partial charge in [0, 0.05) is 44.0 Å². The van der Waals surface area contributed by atoms with E-state index in [-0.39, 0.29) is 0 Å². The summed E-state index contributed by atoms with van der Waals surface area (Å²) >= 11 is 0. The topological polar surface area (TPSA) is 76.1 Å². The number of fused-ring (bicyclic) bond motifs is 1. The number of hydrogen-bond donors (Lipinski definition) is 1. The van der Waals surface area contributed by atoms with Crippen molar-refractivity contribution >= 4 is 11.6 Å². The van der Waals surface area contributed by atoms with Crippen molar-refractivity contribution in [1.29, 1.82) is 0 Å². The maximum Gasteiger partial charge on any atom is 0.225 e. The molecule has 0 radical (unpaired) electrons. The van der Waals surface area contributed by atoms with Crippen molar-refractivity contribution in [2.75, 3.05) is 43.9 Å². The summed E-state index contributed by atoms with van der Waals surface area (Å²) in [7, 11) is 2.18. The fourth-order valence-electron chi connectivity index (χ4n) is 4.73. The third-order valence-electron chi connectivity index (χ3n) is 6.72. The summed E-state index contributed by atoms with van der Waals surface area (Å²) in [5.41, 5.74) is 11.3. The summed E-state index contributed by atoms with van der Waals surface area (Å²) in [6, 6.07) is 13.0. The van der Waals surface area contributed by atoms with Gasteiger partial charge in [-0.15, -0.1) is 5.10 Å². The molecule has 1 aromatic carbocycles. The highest BCUT2D eigenvalue weighted by Crippen LogP contribution is 2.22. The Morgan fingerprint density at radius 2 is 1.59 bits per heavy atom. The minimum atomic E-state index is 0.396. The Hall–Kier alpha value is -2.93. The number of aryl methyl sites for hydroxylation is 2. The van der Waals surface area contributed by atoms with E-state index in [0.29, 0.717) is 12.4 Å². The van der Waals surface area contributed by atoms with E-state index in [2.05, 4.69) is 57.3 Å². The Labute approximate surface area is 190 Å². The predicted octanol–water partition coefficient (Wildman–Crippen LogP) is 3.25. The molecule has 7 heteroatoms. The fourth-order valence-corrected chi connectivity index (χ4v) is 4.73. The van der Waals surface area contributed by atoms with Crippen LogP contribution in [0.25, 0.3) is 5.82 Å². The Balaban J connectivity index is 1.30. The number of nitrogens with two attached hydrogens (primary N) is 1. The molecule has 1 saturated heterocycles. The zero-order valence-electron chi connectivity index (χ0n) is 19.0. The first kappa shape index (κ1) is 20.9. The van der Waals surface area contributed by atoms with Crippen molar-refractivity contribution in [3.8, 4) is 5.82 Å². The average Bonchev–Trinajstić information content (AvgIpc) is 3.15. The molecule has 5 rings (SSSR count). The van der Waals surface area contributed by atoms with Crippen LogP contribution in [0.5, 0.6) is 0 Å². The molecule has 0 saturated carbocycles. The predicted molar refractivity (Wildman–Crippen MR) is 128 cm³/mol. The molecule has 168 valence electrons. The van der Waals surface area contributed by atoms with Crippen molar-refractivity contribution < 1.29 is 0 Å². The largest absolute Gasteiger partial charge is 0.369 e. The van der Waals surface area contributed by atoms with Crippen LogP contribution in [0.1, 0.15) is 48.3 Å². The van der Waals surface area contributed by atoms with Crippen LogP contribution in [-0.2, 0) is 19.3 Å². The van der Waals surface area contributed by atoms with Crippen molar-refractivity contribution in [1.82, 2.24) is 24.6 Å². The van der Waals surface area contributed by atoms with Gasteiger partial charge in [0.25, 0.3) is 0 Å². The number of nitrogens with zero attached hydrogens (tertiary/aromatic N) is 6. The number of piperazine rings is 1. The number of benzene rings is 1. The van der Waals surface area contributed by atoms with E-state index < -0.39 is 0 Å². The molecule has 32 heavy (non-hydrogen) atoms. The van der Waals surface area contributed by atoms with Gasteiger partial charge in [-0.05, 0) is 62.1 Å². The zero-order chi connectivity index (χ0) is 21.9. The minimum absolute atomic E-state index is 0.396. The van der Waals surface area contributed by atoms with Crippen LogP contribution >= 0.6 is 0 Å². The van der Waals surface area contributed by atoms with Gasteiger partial charge in [-0.25, -0.2) is 4.98 Å². The smallest absolute Gasteiger partial charge is 0.225 e. The van der Waals surface area contributed by atoms with Gasteiger partial charge in [-0.3, -0.25) is 0 Å². The van der Waals surface area contributed by atoms with Crippen LogP contribution in [0.4, 0.5) is 11.6 Å². The molecule has 7 nitrogen and oxygen atoms in total. The number of rotatable bonds is 4. The first-order chi connectivity index (χ1) is 15.7. The molecule has 0 bridgehead atoms. The molecule has 1 aliphatic heterocycles. The molecule has 1 aliphatic carbocycles. The fraction of sp³-hybridized carbons (Fsp3) is 0.480. The standard InChI is InChI=1S/C25H33N7/c1-30-14-16-31(17-15-30)21-11-8-19(9-12-21)18-23-28-25(26)32(29-23)24-13-10-20-6-4-2-3-5-7-22(20)27-24/h8-13H,2-7,14-18H2,1H3,(H2,26,28,29). The Morgan fingerprint density at radius 3 is 2.38 bits per heavy atom. The summed E-state index contributed by atoms with van der Waals surface area (Å²) < 4.78 is 1.69. The Morgan fingerprint density at radius 1 is 0.844 bits per heavy atom. The van der Waals surface area contributed by atoms with Gasteiger partial charge in [0.15, 0.2) is 11.6 Å². The summed E-state index contributed by atoms with van der Waals surface area (Å²) in [6.45, 7) is 4.37. The number of likely N-dealkylation sites (N-methyl/N-ethyl adjacent to an activating group) is 1. The molecular formula is C25H33N7. The summed E-state index contributed by atoms with van der Waals surface area (Å²) in [5.74, 6) is 1.89. The van der Waals surface area contributed by atoms with Crippen LogP contribution in [-0.4, -0.2) is 57.9 Å². The molecule has 2 aliphatic rings. The van der Waals surface area contributed by atoms with Gasteiger partial charge in [0.2, 0.25) is 5.95 Å². The molecule has 0 atom stereocenters. The number of aromatic nitrogens is 4.